The first-order valence-corrected chi connectivity index (χ1v) is 5.59. The Kier molecular flexibility index (Phi) is 4.01. The molecule has 0 saturated heterocycles. The molecule has 1 aromatic rings. The molecule has 0 radical (unpaired) electrons. The molecule has 0 heterocycles. The largest absolute Gasteiger partial charge is 0.382 e. The Balaban J connectivity index is 2.83. The van der Waals surface area contributed by atoms with Crippen LogP contribution in [0.1, 0.15) is 25.8 Å². The standard InChI is InChI=1S/C13H22N2/c1-6-11(3)14-13-8-7-12(15(4)5)9-10(13)2/h7-9,11,14H,6H2,1-5H3. The minimum absolute atomic E-state index is 0.536. The van der Waals surface area contributed by atoms with Gasteiger partial charge in [-0.1, -0.05) is 6.92 Å². The van der Waals surface area contributed by atoms with E-state index in [2.05, 4.69) is 63.3 Å². The van der Waals surface area contributed by atoms with E-state index in [1.165, 1.54) is 16.9 Å². The molecule has 1 unspecified atom stereocenters. The second-order valence-electron chi connectivity index (χ2n) is 4.35. The highest BCUT2D eigenvalue weighted by molar-refractivity contribution is 5.60. The lowest BCUT2D eigenvalue weighted by molar-refractivity contribution is 0.763. The van der Waals surface area contributed by atoms with Crippen molar-refractivity contribution in [3.63, 3.8) is 0 Å². The Hall–Kier alpha value is -1.18. The van der Waals surface area contributed by atoms with E-state index in [-0.39, 0.29) is 0 Å². The van der Waals surface area contributed by atoms with Gasteiger partial charge in [-0.3, -0.25) is 0 Å². The van der Waals surface area contributed by atoms with Gasteiger partial charge in [-0.05, 0) is 44.0 Å². The van der Waals surface area contributed by atoms with Gasteiger partial charge in [-0.25, -0.2) is 0 Å². The van der Waals surface area contributed by atoms with Crippen molar-refractivity contribution in [2.75, 3.05) is 24.3 Å². The van der Waals surface area contributed by atoms with Crippen molar-refractivity contribution in [1.82, 2.24) is 0 Å². The minimum atomic E-state index is 0.536. The van der Waals surface area contributed by atoms with Crippen LogP contribution < -0.4 is 10.2 Å². The second-order valence-corrected chi connectivity index (χ2v) is 4.35. The van der Waals surface area contributed by atoms with E-state index in [9.17, 15) is 0 Å². The molecule has 15 heavy (non-hydrogen) atoms. The van der Waals surface area contributed by atoms with Gasteiger partial charge in [-0.2, -0.15) is 0 Å². The van der Waals surface area contributed by atoms with Gasteiger partial charge >= 0.3 is 0 Å². The third-order valence-corrected chi connectivity index (χ3v) is 2.74. The molecular weight excluding hydrogens is 184 g/mol. The highest BCUT2D eigenvalue weighted by Crippen LogP contribution is 2.22. The van der Waals surface area contributed by atoms with Crippen molar-refractivity contribution < 1.29 is 0 Å². The van der Waals surface area contributed by atoms with Crippen molar-refractivity contribution in [2.24, 2.45) is 0 Å². The van der Waals surface area contributed by atoms with Crippen LogP contribution in [0.25, 0.3) is 0 Å². The summed E-state index contributed by atoms with van der Waals surface area (Å²) in [6, 6.07) is 7.06. The highest BCUT2D eigenvalue weighted by Gasteiger charge is 2.03. The third-order valence-electron chi connectivity index (χ3n) is 2.74. The fourth-order valence-electron chi connectivity index (χ4n) is 1.46. The number of hydrogen-bond acceptors (Lipinski definition) is 2. The average Bonchev–Trinajstić information content (AvgIpc) is 2.20. The second kappa shape index (κ2) is 5.06. The van der Waals surface area contributed by atoms with Gasteiger partial charge in [0.05, 0.1) is 0 Å². The summed E-state index contributed by atoms with van der Waals surface area (Å²) >= 11 is 0. The van der Waals surface area contributed by atoms with Crippen LogP contribution >= 0.6 is 0 Å². The first kappa shape index (κ1) is 11.9. The summed E-state index contributed by atoms with van der Waals surface area (Å²) in [5, 5.41) is 3.51. The van der Waals surface area contributed by atoms with Crippen molar-refractivity contribution in [2.45, 2.75) is 33.2 Å². The molecule has 1 rings (SSSR count). The molecule has 0 saturated carbocycles. The van der Waals surface area contributed by atoms with E-state index < -0.39 is 0 Å². The van der Waals surface area contributed by atoms with E-state index in [0.717, 1.165) is 6.42 Å². The average molecular weight is 206 g/mol. The fraction of sp³-hybridized carbons (Fsp3) is 0.538. The van der Waals surface area contributed by atoms with E-state index in [0.29, 0.717) is 6.04 Å². The summed E-state index contributed by atoms with van der Waals surface area (Å²) in [5.41, 5.74) is 3.80. The molecule has 1 aromatic carbocycles. The van der Waals surface area contributed by atoms with Crippen molar-refractivity contribution in [3.8, 4) is 0 Å². The van der Waals surface area contributed by atoms with Gasteiger partial charge in [0.15, 0.2) is 0 Å². The highest BCUT2D eigenvalue weighted by atomic mass is 15.1. The number of rotatable bonds is 4. The number of benzene rings is 1. The third kappa shape index (κ3) is 3.15. The zero-order valence-corrected chi connectivity index (χ0v) is 10.5. The maximum absolute atomic E-state index is 3.51. The number of aryl methyl sites for hydroxylation is 1. The van der Waals surface area contributed by atoms with E-state index in [1.807, 2.05) is 0 Å². The maximum atomic E-state index is 3.51. The lowest BCUT2D eigenvalue weighted by Gasteiger charge is -2.18. The molecule has 0 aliphatic rings. The summed E-state index contributed by atoms with van der Waals surface area (Å²) in [5.74, 6) is 0. The Morgan fingerprint density at radius 1 is 1.33 bits per heavy atom. The van der Waals surface area contributed by atoms with Crippen molar-refractivity contribution in [1.29, 1.82) is 0 Å². The quantitative estimate of drug-likeness (QED) is 0.813. The summed E-state index contributed by atoms with van der Waals surface area (Å²) in [6.45, 7) is 6.55. The van der Waals surface area contributed by atoms with Crippen LogP contribution in [0.4, 0.5) is 11.4 Å². The van der Waals surface area contributed by atoms with E-state index in [1.54, 1.807) is 0 Å². The minimum Gasteiger partial charge on any atom is -0.382 e. The molecule has 1 atom stereocenters. The Bertz CT molecular complexity index is 318. The van der Waals surface area contributed by atoms with Crippen LogP contribution in [-0.4, -0.2) is 20.1 Å². The Morgan fingerprint density at radius 2 is 2.00 bits per heavy atom. The molecule has 0 aliphatic heterocycles. The number of nitrogens with one attached hydrogen (secondary N) is 1. The molecule has 0 aliphatic carbocycles. The molecular formula is C13H22N2. The van der Waals surface area contributed by atoms with Crippen LogP contribution in [0.15, 0.2) is 18.2 Å². The van der Waals surface area contributed by atoms with Crippen molar-refractivity contribution in [3.05, 3.63) is 23.8 Å². The molecule has 0 spiro atoms. The molecule has 1 N–H and O–H groups in total. The van der Waals surface area contributed by atoms with Crippen LogP contribution in [0.2, 0.25) is 0 Å². The summed E-state index contributed by atoms with van der Waals surface area (Å²) < 4.78 is 0. The monoisotopic (exact) mass is 206 g/mol. The van der Waals surface area contributed by atoms with Crippen LogP contribution in [0.3, 0.4) is 0 Å². The lowest BCUT2D eigenvalue weighted by atomic mass is 10.1. The molecule has 0 aromatic heterocycles. The predicted octanol–water partition coefficient (Wildman–Crippen LogP) is 3.27. The van der Waals surface area contributed by atoms with Crippen LogP contribution in [0.5, 0.6) is 0 Å². The SMILES string of the molecule is CCC(C)Nc1ccc(N(C)C)cc1C. The van der Waals surface area contributed by atoms with Gasteiger partial charge in [0, 0.05) is 31.5 Å². The number of anilines is 2. The Labute approximate surface area is 93.3 Å². The molecule has 0 fully saturated rings. The van der Waals surface area contributed by atoms with E-state index >= 15 is 0 Å². The molecule has 2 nitrogen and oxygen atoms in total. The van der Waals surface area contributed by atoms with Crippen molar-refractivity contribution >= 4 is 11.4 Å². The zero-order valence-electron chi connectivity index (χ0n) is 10.5. The fourth-order valence-corrected chi connectivity index (χ4v) is 1.46. The van der Waals surface area contributed by atoms with Gasteiger partial charge in [0.2, 0.25) is 0 Å². The summed E-state index contributed by atoms with van der Waals surface area (Å²) in [4.78, 5) is 2.13. The maximum Gasteiger partial charge on any atom is 0.0373 e. The van der Waals surface area contributed by atoms with Crippen LogP contribution in [-0.2, 0) is 0 Å². The zero-order chi connectivity index (χ0) is 11.4. The summed E-state index contributed by atoms with van der Waals surface area (Å²) in [6.07, 6.45) is 1.15. The Morgan fingerprint density at radius 3 is 2.47 bits per heavy atom. The van der Waals surface area contributed by atoms with Crippen LogP contribution in [0, 0.1) is 6.92 Å². The predicted molar refractivity (Wildman–Crippen MR) is 68.9 cm³/mol. The molecule has 84 valence electrons. The lowest BCUT2D eigenvalue weighted by Crippen LogP contribution is -2.15. The topological polar surface area (TPSA) is 15.3 Å². The van der Waals surface area contributed by atoms with E-state index in [4.69, 9.17) is 0 Å². The van der Waals surface area contributed by atoms with Gasteiger partial charge in [0.25, 0.3) is 0 Å². The van der Waals surface area contributed by atoms with Gasteiger partial charge in [0.1, 0.15) is 0 Å². The number of hydrogen-bond donors (Lipinski definition) is 1. The smallest absolute Gasteiger partial charge is 0.0373 e. The normalized spacial score (nSPS) is 12.3. The molecule has 0 amide bonds. The summed E-state index contributed by atoms with van der Waals surface area (Å²) in [7, 11) is 4.13. The van der Waals surface area contributed by atoms with Gasteiger partial charge in [-0.15, -0.1) is 0 Å². The van der Waals surface area contributed by atoms with Gasteiger partial charge < -0.3 is 10.2 Å². The number of nitrogens with zero attached hydrogens (tertiary/aromatic N) is 1. The molecule has 2 heteroatoms. The first-order chi connectivity index (χ1) is 7.04. The molecule has 0 bridgehead atoms. The first-order valence-electron chi connectivity index (χ1n) is 5.59.